The van der Waals surface area contributed by atoms with Gasteiger partial charge in [0.2, 0.25) is 0 Å². The third-order valence-electron chi connectivity index (χ3n) is 2.14. The summed E-state index contributed by atoms with van der Waals surface area (Å²) >= 11 is 3.36. The molecular weight excluding hydrogens is 256 g/mol. The van der Waals surface area contributed by atoms with Crippen molar-refractivity contribution in [3.63, 3.8) is 0 Å². The molecule has 2 aromatic rings. The van der Waals surface area contributed by atoms with Gasteiger partial charge >= 0.3 is 0 Å². The third kappa shape index (κ3) is 1.79. The standard InChI is InChI=1S/C11H7BrN2O/c12-9-3-1-2-8-10(15)6-7(4-5-13)14-11(8)9/h1-3,6H,4H2,(H,14,15). The molecule has 74 valence electrons. The van der Waals surface area contributed by atoms with Gasteiger partial charge in [0.05, 0.1) is 18.0 Å². The van der Waals surface area contributed by atoms with Crippen molar-refractivity contribution in [2.24, 2.45) is 0 Å². The van der Waals surface area contributed by atoms with Gasteiger partial charge in [0.25, 0.3) is 0 Å². The molecule has 0 radical (unpaired) electrons. The van der Waals surface area contributed by atoms with Gasteiger partial charge in [0.1, 0.15) is 0 Å². The molecule has 15 heavy (non-hydrogen) atoms. The Kier molecular flexibility index (Phi) is 2.57. The molecule has 3 nitrogen and oxygen atoms in total. The number of fused-ring (bicyclic) bond motifs is 1. The van der Waals surface area contributed by atoms with E-state index in [1.807, 2.05) is 18.2 Å². The first-order chi connectivity index (χ1) is 7.22. The molecular formula is C11H7BrN2O. The number of aromatic amines is 1. The molecule has 4 heteroatoms. The van der Waals surface area contributed by atoms with E-state index in [0.29, 0.717) is 11.1 Å². The number of halogens is 1. The van der Waals surface area contributed by atoms with Crippen LogP contribution in [0.1, 0.15) is 5.69 Å². The van der Waals surface area contributed by atoms with Crippen LogP contribution in [0.15, 0.2) is 33.5 Å². The Hall–Kier alpha value is -1.60. The molecule has 0 aliphatic heterocycles. The van der Waals surface area contributed by atoms with Crippen molar-refractivity contribution >= 4 is 26.8 Å². The second kappa shape index (κ2) is 3.87. The van der Waals surface area contributed by atoms with Crippen molar-refractivity contribution in [1.29, 1.82) is 5.26 Å². The quantitative estimate of drug-likeness (QED) is 0.858. The smallest absolute Gasteiger partial charge is 0.189 e. The Morgan fingerprint density at radius 2 is 2.27 bits per heavy atom. The summed E-state index contributed by atoms with van der Waals surface area (Å²) < 4.78 is 0.830. The molecule has 0 fully saturated rings. The van der Waals surface area contributed by atoms with Gasteiger partial charge in [-0.15, -0.1) is 0 Å². The van der Waals surface area contributed by atoms with Crippen molar-refractivity contribution in [3.05, 3.63) is 44.7 Å². The minimum absolute atomic E-state index is 0.0599. The van der Waals surface area contributed by atoms with E-state index in [1.54, 1.807) is 6.07 Å². The lowest BCUT2D eigenvalue weighted by molar-refractivity contribution is 1.14. The van der Waals surface area contributed by atoms with Crippen molar-refractivity contribution in [3.8, 4) is 6.07 Å². The highest BCUT2D eigenvalue weighted by atomic mass is 79.9. The second-order valence-electron chi connectivity index (χ2n) is 3.16. The summed E-state index contributed by atoms with van der Waals surface area (Å²) in [5, 5.41) is 9.20. The van der Waals surface area contributed by atoms with Gasteiger partial charge in [0.15, 0.2) is 5.43 Å². The molecule has 0 aliphatic carbocycles. The Bertz CT molecular complexity index is 610. The van der Waals surface area contributed by atoms with Crippen LogP contribution in [0.3, 0.4) is 0 Å². The minimum Gasteiger partial charge on any atom is -0.356 e. The summed E-state index contributed by atoms with van der Waals surface area (Å²) in [6, 6.07) is 8.91. The van der Waals surface area contributed by atoms with E-state index in [0.717, 1.165) is 9.99 Å². The molecule has 1 N–H and O–H groups in total. The molecule has 0 bridgehead atoms. The van der Waals surface area contributed by atoms with E-state index in [4.69, 9.17) is 5.26 Å². The summed E-state index contributed by atoms with van der Waals surface area (Å²) in [5.74, 6) is 0. The summed E-state index contributed by atoms with van der Waals surface area (Å²) in [7, 11) is 0. The molecule has 0 saturated carbocycles. The third-order valence-corrected chi connectivity index (χ3v) is 2.80. The molecule has 0 spiro atoms. The first kappa shape index (κ1) is 9.94. The Morgan fingerprint density at radius 3 is 3.00 bits per heavy atom. The maximum Gasteiger partial charge on any atom is 0.189 e. The van der Waals surface area contributed by atoms with E-state index in [-0.39, 0.29) is 11.8 Å². The number of rotatable bonds is 1. The molecule has 1 heterocycles. The zero-order chi connectivity index (χ0) is 10.8. The van der Waals surface area contributed by atoms with Gasteiger partial charge in [-0.25, -0.2) is 0 Å². The molecule has 0 unspecified atom stereocenters. The molecule has 0 atom stereocenters. The maximum atomic E-state index is 11.7. The van der Waals surface area contributed by atoms with Crippen molar-refractivity contribution in [2.75, 3.05) is 0 Å². The predicted molar refractivity (Wildman–Crippen MR) is 61.6 cm³/mol. The SMILES string of the molecule is N#CCc1cc(=O)c2cccc(Br)c2[nH]1. The van der Waals surface area contributed by atoms with Gasteiger partial charge in [-0.05, 0) is 28.1 Å². The Morgan fingerprint density at radius 1 is 1.47 bits per heavy atom. The van der Waals surface area contributed by atoms with Crippen molar-refractivity contribution in [2.45, 2.75) is 6.42 Å². The van der Waals surface area contributed by atoms with Crippen LogP contribution >= 0.6 is 15.9 Å². The summed E-state index contributed by atoms with van der Waals surface area (Å²) in [6.07, 6.45) is 0.215. The van der Waals surface area contributed by atoms with E-state index >= 15 is 0 Å². The van der Waals surface area contributed by atoms with Crippen molar-refractivity contribution < 1.29 is 0 Å². The van der Waals surface area contributed by atoms with Gasteiger partial charge in [-0.2, -0.15) is 5.26 Å². The van der Waals surface area contributed by atoms with Crippen LogP contribution in [0.4, 0.5) is 0 Å². The number of pyridine rings is 1. The highest BCUT2D eigenvalue weighted by molar-refractivity contribution is 9.10. The largest absolute Gasteiger partial charge is 0.356 e. The van der Waals surface area contributed by atoms with E-state index in [2.05, 4.69) is 20.9 Å². The highest BCUT2D eigenvalue weighted by Crippen LogP contribution is 2.19. The minimum atomic E-state index is -0.0599. The number of hydrogen-bond donors (Lipinski definition) is 1. The van der Waals surface area contributed by atoms with Gasteiger partial charge in [-0.3, -0.25) is 4.79 Å². The number of nitrogens with one attached hydrogen (secondary N) is 1. The predicted octanol–water partition coefficient (Wildman–Crippen LogP) is 2.36. The van der Waals surface area contributed by atoms with Crippen LogP contribution in [0.2, 0.25) is 0 Å². The van der Waals surface area contributed by atoms with E-state index < -0.39 is 0 Å². The van der Waals surface area contributed by atoms with Crippen molar-refractivity contribution in [1.82, 2.24) is 4.98 Å². The van der Waals surface area contributed by atoms with Crippen LogP contribution in [0.5, 0.6) is 0 Å². The van der Waals surface area contributed by atoms with Crippen LogP contribution in [-0.2, 0) is 6.42 Å². The Balaban J connectivity index is 2.81. The zero-order valence-electron chi connectivity index (χ0n) is 7.75. The van der Waals surface area contributed by atoms with Crippen LogP contribution in [-0.4, -0.2) is 4.98 Å². The fourth-order valence-electron chi connectivity index (χ4n) is 1.47. The number of para-hydroxylation sites is 1. The first-order valence-corrected chi connectivity index (χ1v) is 5.19. The number of nitrogens with zero attached hydrogens (tertiary/aromatic N) is 1. The average Bonchev–Trinajstić information content (AvgIpc) is 2.20. The normalized spacial score (nSPS) is 10.1. The fraction of sp³-hybridized carbons (Fsp3) is 0.0909. The Labute approximate surface area is 94.5 Å². The highest BCUT2D eigenvalue weighted by Gasteiger charge is 2.04. The topological polar surface area (TPSA) is 56.6 Å². The molecule has 2 rings (SSSR count). The van der Waals surface area contributed by atoms with Gasteiger partial charge < -0.3 is 4.98 Å². The zero-order valence-corrected chi connectivity index (χ0v) is 9.34. The molecule has 0 amide bonds. The lowest BCUT2D eigenvalue weighted by atomic mass is 10.2. The number of benzene rings is 1. The number of nitriles is 1. The number of aromatic nitrogens is 1. The fourth-order valence-corrected chi connectivity index (χ4v) is 1.93. The number of hydrogen-bond acceptors (Lipinski definition) is 2. The lowest BCUT2D eigenvalue weighted by Crippen LogP contribution is -2.04. The molecule has 1 aromatic carbocycles. The van der Waals surface area contributed by atoms with Crippen LogP contribution in [0, 0.1) is 11.3 Å². The molecule has 1 aromatic heterocycles. The lowest BCUT2D eigenvalue weighted by Gasteiger charge is -2.02. The summed E-state index contributed by atoms with van der Waals surface area (Å²) in [6.45, 7) is 0. The van der Waals surface area contributed by atoms with Crippen LogP contribution < -0.4 is 5.43 Å². The second-order valence-corrected chi connectivity index (χ2v) is 4.01. The number of H-pyrrole nitrogens is 1. The summed E-state index contributed by atoms with van der Waals surface area (Å²) in [4.78, 5) is 14.7. The first-order valence-electron chi connectivity index (χ1n) is 4.40. The molecule has 0 aliphatic rings. The average molecular weight is 263 g/mol. The van der Waals surface area contributed by atoms with E-state index in [9.17, 15) is 4.79 Å². The monoisotopic (exact) mass is 262 g/mol. The van der Waals surface area contributed by atoms with Gasteiger partial charge in [0, 0.05) is 21.6 Å². The summed E-state index contributed by atoms with van der Waals surface area (Å²) in [5.41, 5.74) is 1.33. The van der Waals surface area contributed by atoms with Gasteiger partial charge in [-0.1, -0.05) is 6.07 Å². The van der Waals surface area contributed by atoms with E-state index in [1.165, 1.54) is 6.07 Å². The molecule has 0 saturated heterocycles. The maximum absolute atomic E-state index is 11.7. The van der Waals surface area contributed by atoms with Crippen LogP contribution in [0.25, 0.3) is 10.9 Å².